The molecule has 7 heteroatoms. The van der Waals surface area contributed by atoms with Crippen LogP contribution in [0.15, 0.2) is 45.6 Å². The van der Waals surface area contributed by atoms with Crippen molar-refractivity contribution in [2.45, 2.75) is 59.7 Å². The first kappa shape index (κ1) is 22.6. The van der Waals surface area contributed by atoms with Gasteiger partial charge in [0.2, 0.25) is 0 Å². The Balaban J connectivity index is 1.56. The molecule has 0 aliphatic heterocycles. The molecule has 1 N–H and O–H groups in total. The number of carbonyl (C=O) groups is 2. The molecule has 2 aromatic rings. The van der Waals surface area contributed by atoms with Crippen LogP contribution in [0, 0.1) is 11.3 Å². The zero-order chi connectivity index (χ0) is 21.1. The number of ether oxygens (including phenoxy) is 2. The van der Waals surface area contributed by atoms with E-state index < -0.39 is 6.09 Å². The summed E-state index contributed by atoms with van der Waals surface area (Å²) in [5, 5.41) is 2.77. The maximum Gasteiger partial charge on any atom is 0.407 e. The molecule has 2 aromatic heterocycles. The summed E-state index contributed by atoms with van der Waals surface area (Å²) in [7, 11) is 0. The average molecular weight is 405 g/mol. The maximum atomic E-state index is 11.9. The Labute approximate surface area is 171 Å². The quantitative estimate of drug-likeness (QED) is 0.496. The molecule has 0 aliphatic carbocycles. The van der Waals surface area contributed by atoms with Gasteiger partial charge < -0.3 is 23.6 Å². The van der Waals surface area contributed by atoms with Crippen molar-refractivity contribution in [3.8, 4) is 0 Å². The fourth-order valence-electron chi connectivity index (χ4n) is 3.22. The first-order valence-electron chi connectivity index (χ1n) is 9.95. The van der Waals surface area contributed by atoms with Gasteiger partial charge in [-0.2, -0.15) is 0 Å². The second-order valence-electron chi connectivity index (χ2n) is 8.08. The molecule has 0 saturated carbocycles. The van der Waals surface area contributed by atoms with Gasteiger partial charge in [0.05, 0.1) is 12.5 Å². The van der Waals surface area contributed by atoms with Crippen LogP contribution in [0.5, 0.6) is 0 Å². The summed E-state index contributed by atoms with van der Waals surface area (Å²) in [6, 6.07) is 7.05. The van der Waals surface area contributed by atoms with Gasteiger partial charge in [-0.3, -0.25) is 4.79 Å². The fourth-order valence-corrected chi connectivity index (χ4v) is 3.22. The van der Waals surface area contributed by atoms with Crippen LogP contribution < -0.4 is 5.32 Å². The fraction of sp³-hybridized carbons (Fsp3) is 0.545. The molecule has 0 radical (unpaired) electrons. The third-order valence-electron chi connectivity index (χ3n) is 4.69. The largest absolute Gasteiger partial charge is 0.466 e. The van der Waals surface area contributed by atoms with Crippen molar-refractivity contribution in [2.75, 3.05) is 6.54 Å². The maximum absolute atomic E-state index is 11.9. The van der Waals surface area contributed by atoms with Crippen molar-refractivity contribution in [1.82, 2.24) is 5.32 Å². The monoisotopic (exact) mass is 405 g/mol. The Bertz CT molecular complexity index is 721. The topological polar surface area (TPSA) is 90.9 Å². The summed E-state index contributed by atoms with van der Waals surface area (Å²) in [5.74, 6) is 1.40. The van der Waals surface area contributed by atoms with Crippen molar-refractivity contribution < 1.29 is 27.9 Å². The molecule has 0 aromatic carbocycles. The number of hydrogen-bond acceptors (Lipinski definition) is 6. The highest BCUT2D eigenvalue weighted by molar-refractivity contribution is 5.69. The highest BCUT2D eigenvalue weighted by atomic mass is 16.6. The molecular weight excluding hydrogens is 374 g/mol. The summed E-state index contributed by atoms with van der Waals surface area (Å²) in [5.41, 5.74) is 0.0335. The van der Waals surface area contributed by atoms with Gasteiger partial charge in [0.25, 0.3) is 0 Å². The van der Waals surface area contributed by atoms with Gasteiger partial charge in [0.1, 0.15) is 18.1 Å². The number of amides is 1. The van der Waals surface area contributed by atoms with Gasteiger partial charge in [-0.05, 0) is 54.9 Å². The van der Waals surface area contributed by atoms with Gasteiger partial charge in [-0.15, -0.1) is 0 Å². The number of alkyl carbamates (subject to hydrolysis) is 1. The second-order valence-corrected chi connectivity index (χ2v) is 8.08. The zero-order valence-electron chi connectivity index (χ0n) is 17.4. The van der Waals surface area contributed by atoms with E-state index >= 15 is 0 Å². The predicted octanol–water partition coefficient (Wildman–Crippen LogP) is 5.06. The van der Waals surface area contributed by atoms with Crippen molar-refractivity contribution >= 4 is 12.1 Å². The van der Waals surface area contributed by atoms with E-state index in [1.54, 1.807) is 36.8 Å². The van der Waals surface area contributed by atoms with E-state index in [0.29, 0.717) is 30.4 Å². The highest BCUT2D eigenvalue weighted by Gasteiger charge is 2.22. The van der Waals surface area contributed by atoms with Crippen LogP contribution >= 0.6 is 0 Å². The lowest BCUT2D eigenvalue weighted by Gasteiger charge is -2.28. The summed E-state index contributed by atoms with van der Waals surface area (Å²) in [6.07, 6.45) is 5.55. The number of rotatable bonds is 12. The third-order valence-corrected chi connectivity index (χ3v) is 4.69. The van der Waals surface area contributed by atoms with Gasteiger partial charge in [-0.1, -0.05) is 20.8 Å². The standard InChI is InChI=1S/C22H31NO6/c1-17(8-9-20(24)28-15-18-6-4-12-26-18)14-22(2,3)10-11-23-21(25)29-16-19-7-5-13-27-19/h4-7,12-13,17H,8-11,14-16H2,1-3H3,(H,23,25). The van der Waals surface area contributed by atoms with Crippen LogP contribution in [0.4, 0.5) is 4.79 Å². The lowest BCUT2D eigenvalue weighted by Crippen LogP contribution is -2.29. The zero-order valence-corrected chi connectivity index (χ0v) is 17.4. The summed E-state index contributed by atoms with van der Waals surface area (Å²) in [6.45, 7) is 7.28. The van der Waals surface area contributed by atoms with Gasteiger partial charge >= 0.3 is 12.1 Å². The molecule has 0 bridgehead atoms. The van der Waals surface area contributed by atoms with Crippen molar-refractivity contribution in [1.29, 1.82) is 0 Å². The summed E-state index contributed by atoms with van der Waals surface area (Å²) < 4.78 is 20.6. The smallest absolute Gasteiger partial charge is 0.407 e. The van der Waals surface area contributed by atoms with Crippen LogP contribution in [-0.4, -0.2) is 18.6 Å². The predicted molar refractivity (Wildman–Crippen MR) is 107 cm³/mol. The molecular formula is C22H31NO6. The molecule has 1 unspecified atom stereocenters. The van der Waals surface area contributed by atoms with Crippen LogP contribution in [0.25, 0.3) is 0 Å². The highest BCUT2D eigenvalue weighted by Crippen LogP contribution is 2.30. The lowest BCUT2D eigenvalue weighted by molar-refractivity contribution is -0.145. The van der Waals surface area contributed by atoms with Crippen LogP contribution in [-0.2, 0) is 27.5 Å². The SMILES string of the molecule is CC(CCC(=O)OCc1ccco1)CC(C)(C)CCNC(=O)OCc1ccco1. The third kappa shape index (κ3) is 9.36. The molecule has 160 valence electrons. The van der Waals surface area contributed by atoms with E-state index in [2.05, 4.69) is 26.1 Å². The molecule has 0 aliphatic rings. The normalized spacial score (nSPS) is 12.4. The average Bonchev–Trinajstić information content (AvgIpc) is 3.36. The lowest BCUT2D eigenvalue weighted by atomic mass is 9.79. The van der Waals surface area contributed by atoms with Crippen molar-refractivity contribution in [3.05, 3.63) is 48.3 Å². The molecule has 7 nitrogen and oxygen atoms in total. The Hall–Kier alpha value is -2.70. The van der Waals surface area contributed by atoms with Gasteiger partial charge in [-0.25, -0.2) is 4.79 Å². The van der Waals surface area contributed by atoms with E-state index in [0.717, 1.165) is 19.3 Å². The molecule has 2 heterocycles. The van der Waals surface area contributed by atoms with Gasteiger partial charge in [0, 0.05) is 13.0 Å². The Morgan fingerprint density at radius 2 is 1.69 bits per heavy atom. The van der Waals surface area contributed by atoms with Crippen molar-refractivity contribution in [3.63, 3.8) is 0 Å². The van der Waals surface area contributed by atoms with E-state index in [9.17, 15) is 9.59 Å². The number of hydrogen-bond donors (Lipinski definition) is 1. The molecule has 1 amide bonds. The van der Waals surface area contributed by atoms with E-state index in [1.165, 1.54) is 0 Å². The minimum atomic E-state index is -0.454. The van der Waals surface area contributed by atoms with Crippen LogP contribution in [0.1, 0.15) is 58.0 Å². The molecule has 2 rings (SSSR count). The Morgan fingerprint density at radius 1 is 1.07 bits per heavy atom. The van der Waals surface area contributed by atoms with Crippen LogP contribution in [0.2, 0.25) is 0 Å². The summed E-state index contributed by atoms with van der Waals surface area (Å²) >= 11 is 0. The van der Waals surface area contributed by atoms with E-state index in [1.807, 2.05) is 0 Å². The molecule has 0 spiro atoms. The minimum absolute atomic E-state index is 0.0335. The number of esters is 1. The van der Waals surface area contributed by atoms with E-state index in [4.69, 9.17) is 18.3 Å². The summed E-state index contributed by atoms with van der Waals surface area (Å²) in [4.78, 5) is 23.6. The molecule has 0 saturated heterocycles. The van der Waals surface area contributed by atoms with Crippen molar-refractivity contribution in [2.24, 2.45) is 11.3 Å². The molecule has 29 heavy (non-hydrogen) atoms. The first-order chi connectivity index (χ1) is 13.8. The van der Waals surface area contributed by atoms with Crippen LogP contribution in [0.3, 0.4) is 0 Å². The van der Waals surface area contributed by atoms with E-state index in [-0.39, 0.29) is 24.6 Å². The molecule has 0 fully saturated rings. The second kappa shape index (κ2) is 11.3. The number of furan rings is 2. The Kier molecular flexibility index (Phi) is 8.83. The first-order valence-corrected chi connectivity index (χ1v) is 9.95. The van der Waals surface area contributed by atoms with Gasteiger partial charge in [0.15, 0.2) is 6.61 Å². The molecule has 1 atom stereocenters. The number of carbonyl (C=O) groups excluding carboxylic acids is 2. The number of nitrogens with one attached hydrogen (secondary N) is 1. The minimum Gasteiger partial charge on any atom is -0.466 e. The Morgan fingerprint density at radius 3 is 2.28 bits per heavy atom.